The summed E-state index contributed by atoms with van der Waals surface area (Å²) in [6.07, 6.45) is 2.75. The fourth-order valence-corrected chi connectivity index (χ4v) is 3.85. The van der Waals surface area contributed by atoms with Crippen LogP contribution in [0.25, 0.3) is 22.3 Å². The standard InChI is InChI=1S/C21H22N6O2S/c1-29-16-8-6-14(7-9-16)20-25-26-21(27(20)22)30-13-19(28)23-11-10-15-12-24-18-5-3-2-4-17(15)18/h2-9,12,24H,10-11,13,22H2,1H3,(H,23,28). The van der Waals surface area contributed by atoms with Gasteiger partial charge in [-0.3, -0.25) is 4.79 Å². The molecule has 4 N–H and O–H groups in total. The highest BCUT2D eigenvalue weighted by Crippen LogP contribution is 2.23. The number of aromatic amines is 1. The SMILES string of the molecule is COc1ccc(-c2nnc(SCC(=O)NCCc3c[nH]c4ccccc34)n2N)cc1. The summed E-state index contributed by atoms with van der Waals surface area (Å²) < 4.78 is 6.55. The van der Waals surface area contributed by atoms with Gasteiger partial charge in [-0.2, -0.15) is 0 Å². The molecule has 0 unspecified atom stereocenters. The van der Waals surface area contributed by atoms with Gasteiger partial charge in [0.15, 0.2) is 5.82 Å². The van der Waals surface area contributed by atoms with Gasteiger partial charge in [-0.05, 0) is 42.3 Å². The zero-order valence-electron chi connectivity index (χ0n) is 16.5. The van der Waals surface area contributed by atoms with Gasteiger partial charge >= 0.3 is 0 Å². The third-order valence-electron chi connectivity index (χ3n) is 4.74. The highest BCUT2D eigenvalue weighted by molar-refractivity contribution is 7.99. The van der Waals surface area contributed by atoms with Crippen molar-refractivity contribution in [2.75, 3.05) is 25.3 Å². The van der Waals surface area contributed by atoms with Crippen molar-refractivity contribution in [2.24, 2.45) is 0 Å². The molecule has 4 rings (SSSR count). The van der Waals surface area contributed by atoms with Crippen LogP contribution in [0.4, 0.5) is 0 Å². The number of hydrogen-bond acceptors (Lipinski definition) is 6. The molecule has 4 aromatic rings. The fraction of sp³-hybridized carbons (Fsp3) is 0.190. The molecule has 2 heterocycles. The minimum absolute atomic E-state index is 0.0751. The molecule has 0 radical (unpaired) electrons. The van der Waals surface area contributed by atoms with Gasteiger partial charge in [0, 0.05) is 29.2 Å². The molecule has 0 bridgehead atoms. The van der Waals surface area contributed by atoms with Gasteiger partial charge in [0.2, 0.25) is 11.1 Å². The molecule has 0 aliphatic carbocycles. The molecule has 0 aliphatic heterocycles. The zero-order chi connectivity index (χ0) is 20.9. The largest absolute Gasteiger partial charge is 0.497 e. The maximum absolute atomic E-state index is 12.2. The van der Waals surface area contributed by atoms with Crippen LogP contribution in [-0.2, 0) is 11.2 Å². The lowest BCUT2D eigenvalue weighted by molar-refractivity contribution is -0.118. The van der Waals surface area contributed by atoms with Crippen molar-refractivity contribution in [2.45, 2.75) is 11.6 Å². The van der Waals surface area contributed by atoms with Crippen molar-refractivity contribution in [3.63, 3.8) is 0 Å². The third kappa shape index (κ3) is 4.25. The molecule has 9 heteroatoms. The highest BCUT2D eigenvalue weighted by Gasteiger charge is 2.14. The lowest BCUT2D eigenvalue weighted by Crippen LogP contribution is -2.27. The Morgan fingerprint density at radius 3 is 2.80 bits per heavy atom. The minimum Gasteiger partial charge on any atom is -0.497 e. The summed E-state index contributed by atoms with van der Waals surface area (Å²) in [4.78, 5) is 15.5. The number of nitrogens with two attached hydrogens (primary N) is 1. The van der Waals surface area contributed by atoms with Crippen LogP contribution >= 0.6 is 11.8 Å². The summed E-state index contributed by atoms with van der Waals surface area (Å²) in [5.41, 5.74) is 3.11. The second kappa shape index (κ2) is 8.91. The second-order valence-corrected chi connectivity index (χ2v) is 7.60. The third-order valence-corrected chi connectivity index (χ3v) is 5.68. The van der Waals surface area contributed by atoms with Crippen molar-refractivity contribution in [3.05, 3.63) is 60.3 Å². The number of carbonyl (C=O) groups is 1. The molecule has 0 spiro atoms. The first-order valence-corrected chi connectivity index (χ1v) is 10.4. The minimum atomic E-state index is -0.0751. The molecule has 30 heavy (non-hydrogen) atoms. The van der Waals surface area contributed by atoms with Crippen LogP contribution in [0.15, 0.2) is 59.9 Å². The molecule has 2 aromatic heterocycles. The van der Waals surface area contributed by atoms with E-state index >= 15 is 0 Å². The lowest BCUT2D eigenvalue weighted by Gasteiger charge is -2.06. The number of nitrogen functional groups attached to an aromatic ring is 1. The summed E-state index contributed by atoms with van der Waals surface area (Å²) in [5, 5.41) is 12.8. The topological polar surface area (TPSA) is 111 Å². The van der Waals surface area contributed by atoms with Gasteiger partial charge in [0.25, 0.3) is 0 Å². The summed E-state index contributed by atoms with van der Waals surface area (Å²) in [5.74, 6) is 7.53. The normalized spacial score (nSPS) is 11.0. The number of para-hydroxylation sites is 1. The van der Waals surface area contributed by atoms with E-state index in [4.69, 9.17) is 10.6 Å². The Morgan fingerprint density at radius 1 is 1.20 bits per heavy atom. The Kier molecular flexibility index (Phi) is 5.89. The molecule has 0 atom stereocenters. The van der Waals surface area contributed by atoms with Crippen LogP contribution < -0.4 is 15.9 Å². The van der Waals surface area contributed by atoms with Crippen LogP contribution in [0.3, 0.4) is 0 Å². The summed E-state index contributed by atoms with van der Waals surface area (Å²) >= 11 is 1.25. The molecular formula is C21H22N6O2S. The summed E-state index contributed by atoms with van der Waals surface area (Å²) in [6, 6.07) is 15.5. The van der Waals surface area contributed by atoms with Gasteiger partial charge < -0.3 is 20.9 Å². The molecule has 0 aliphatic rings. The Hall–Kier alpha value is -3.46. The molecule has 1 amide bonds. The number of H-pyrrole nitrogens is 1. The first-order chi connectivity index (χ1) is 14.7. The number of thioether (sulfide) groups is 1. The Balaban J connectivity index is 1.29. The van der Waals surface area contributed by atoms with Crippen LogP contribution in [0.2, 0.25) is 0 Å². The first-order valence-electron chi connectivity index (χ1n) is 9.45. The van der Waals surface area contributed by atoms with Gasteiger partial charge in [-0.1, -0.05) is 30.0 Å². The van der Waals surface area contributed by atoms with E-state index in [9.17, 15) is 4.79 Å². The molecular weight excluding hydrogens is 400 g/mol. The predicted octanol–water partition coefficient (Wildman–Crippen LogP) is 2.60. The number of rotatable bonds is 8. The van der Waals surface area contributed by atoms with Crippen molar-refractivity contribution >= 4 is 28.6 Å². The van der Waals surface area contributed by atoms with E-state index in [2.05, 4.69) is 26.6 Å². The zero-order valence-corrected chi connectivity index (χ0v) is 17.3. The molecule has 0 saturated carbocycles. The van der Waals surface area contributed by atoms with Gasteiger partial charge in [-0.15, -0.1) is 10.2 Å². The Morgan fingerprint density at radius 2 is 2.00 bits per heavy atom. The highest BCUT2D eigenvalue weighted by atomic mass is 32.2. The molecule has 0 saturated heterocycles. The predicted molar refractivity (Wildman–Crippen MR) is 118 cm³/mol. The number of benzene rings is 2. The van der Waals surface area contributed by atoms with Crippen molar-refractivity contribution in [1.29, 1.82) is 0 Å². The van der Waals surface area contributed by atoms with Crippen LogP contribution in [0, 0.1) is 0 Å². The maximum Gasteiger partial charge on any atom is 0.230 e. The number of methoxy groups -OCH3 is 1. The van der Waals surface area contributed by atoms with E-state index in [1.807, 2.05) is 48.7 Å². The number of nitrogens with one attached hydrogen (secondary N) is 2. The van der Waals surface area contributed by atoms with Gasteiger partial charge in [0.1, 0.15) is 5.75 Å². The van der Waals surface area contributed by atoms with E-state index in [1.54, 1.807) is 7.11 Å². The van der Waals surface area contributed by atoms with Gasteiger partial charge in [0.05, 0.1) is 12.9 Å². The number of ether oxygens (including phenoxy) is 1. The Bertz CT molecular complexity index is 1150. The number of nitrogens with zero attached hydrogens (tertiary/aromatic N) is 3. The number of amides is 1. The van der Waals surface area contributed by atoms with Crippen molar-refractivity contribution in [1.82, 2.24) is 25.2 Å². The van der Waals surface area contributed by atoms with Crippen LogP contribution in [0.5, 0.6) is 5.75 Å². The molecule has 0 fully saturated rings. The monoisotopic (exact) mass is 422 g/mol. The van der Waals surface area contributed by atoms with Gasteiger partial charge in [-0.25, -0.2) is 4.68 Å². The van der Waals surface area contributed by atoms with Crippen LogP contribution in [-0.4, -0.2) is 45.2 Å². The maximum atomic E-state index is 12.2. The molecule has 154 valence electrons. The van der Waals surface area contributed by atoms with E-state index in [-0.39, 0.29) is 11.7 Å². The first kappa shape index (κ1) is 19.8. The second-order valence-electron chi connectivity index (χ2n) is 6.65. The number of hydrogen-bond donors (Lipinski definition) is 3. The van der Waals surface area contributed by atoms with E-state index in [0.717, 1.165) is 23.3 Å². The lowest BCUT2D eigenvalue weighted by atomic mass is 10.1. The van der Waals surface area contributed by atoms with Crippen molar-refractivity contribution < 1.29 is 9.53 Å². The number of fused-ring (bicyclic) bond motifs is 1. The smallest absolute Gasteiger partial charge is 0.230 e. The summed E-state index contributed by atoms with van der Waals surface area (Å²) in [7, 11) is 1.61. The van der Waals surface area contributed by atoms with Crippen LogP contribution in [0.1, 0.15) is 5.56 Å². The number of carbonyl (C=O) groups excluding carboxylic acids is 1. The quantitative estimate of drug-likeness (QED) is 0.297. The Labute approximate surface area is 177 Å². The molecule has 2 aromatic carbocycles. The van der Waals surface area contributed by atoms with Crippen molar-refractivity contribution in [3.8, 4) is 17.1 Å². The summed E-state index contributed by atoms with van der Waals surface area (Å²) in [6.45, 7) is 0.563. The average Bonchev–Trinajstić information content (AvgIpc) is 3.36. The fourth-order valence-electron chi connectivity index (χ4n) is 3.17. The van der Waals surface area contributed by atoms with E-state index in [0.29, 0.717) is 17.5 Å². The number of aromatic nitrogens is 4. The molecule has 8 nitrogen and oxygen atoms in total. The van der Waals surface area contributed by atoms with E-state index < -0.39 is 0 Å². The van der Waals surface area contributed by atoms with E-state index in [1.165, 1.54) is 27.4 Å². The average molecular weight is 423 g/mol.